The second kappa shape index (κ2) is 9.67. The Kier molecular flexibility index (Phi) is 6.82. The fraction of sp³-hybridized carbons (Fsp3) is 0.304. The molecule has 0 bridgehead atoms. The van der Waals surface area contributed by atoms with Crippen molar-refractivity contribution in [1.82, 2.24) is 19.9 Å². The van der Waals surface area contributed by atoms with Crippen LogP contribution in [0.4, 0.5) is 5.69 Å². The molecular formula is C23H24ClN5O5S. The third kappa shape index (κ3) is 4.87. The van der Waals surface area contributed by atoms with Crippen LogP contribution < -0.4 is 15.2 Å². The summed E-state index contributed by atoms with van der Waals surface area (Å²) in [5.74, 6) is -1.65. The van der Waals surface area contributed by atoms with Crippen LogP contribution in [0.25, 0.3) is 11.5 Å². The molecule has 0 spiro atoms. The average molecular weight is 518 g/mol. The fourth-order valence-electron chi connectivity index (χ4n) is 3.80. The topological polar surface area (TPSA) is 134 Å². The fourth-order valence-corrected chi connectivity index (χ4v) is 5.65. The predicted molar refractivity (Wildman–Crippen MR) is 132 cm³/mol. The highest BCUT2D eigenvalue weighted by atomic mass is 35.5. The SMILES string of the molecule is Cc1ccc(CNC(=O)c2nc(-c3ncccc3N3CCCCS3(=O)=O)n(C)c(=O)c2O)cc1Cl. The van der Waals surface area contributed by atoms with Gasteiger partial charge in [-0.05, 0) is 49.1 Å². The lowest BCUT2D eigenvalue weighted by Crippen LogP contribution is -2.38. The van der Waals surface area contributed by atoms with Crippen LogP contribution in [0.15, 0.2) is 41.3 Å². The number of carbonyl (C=O) groups excluding carboxylic acids is 1. The second-order valence-corrected chi connectivity index (χ2v) is 10.6. The molecule has 1 fully saturated rings. The Hall–Kier alpha value is -3.44. The number of nitrogens with one attached hydrogen (secondary N) is 1. The first-order valence-electron chi connectivity index (χ1n) is 10.9. The van der Waals surface area contributed by atoms with Crippen molar-refractivity contribution in [3.8, 4) is 17.3 Å². The van der Waals surface area contributed by atoms with Gasteiger partial charge in [0.15, 0.2) is 11.5 Å². The van der Waals surface area contributed by atoms with Gasteiger partial charge in [0.2, 0.25) is 15.8 Å². The maximum Gasteiger partial charge on any atom is 0.296 e. The van der Waals surface area contributed by atoms with Crippen LogP contribution in [0.2, 0.25) is 5.02 Å². The van der Waals surface area contributed by atoms with Crippen molar-refractivity contribution in [1.29, 1.82) is 0 Å². The number of halogens is 1. The molecule has 0 saturated carbocycles. The van der Waals surface area contributed by atoms with Crippen molar-refractivity contribution in [3.05, 3.63) is 68.7 Å². The quantitative estimate of drug-likeness (QED) is 0.530. The molecule has 4 rings (SSSR count). The minimum atomic E-state index is -3.57. The molecule has 2 N–H and O–H groups in total. The molecule has 0 unspecified atom stereocenters. The smallest absolute Gasteiger partial charge is 0.296 e. The van der Waals surface area contributed by atoms with Crippen LogP contribution >= 0.6 is 11.6 Å². The zero-order chi connectivity index (χ0) is 25.3. The molecule has 0 atom stereocenters. The molecule has 0 aliphatic carbocycles. The average Bonchev–Trinajstić information content (AvgIpc) is 2.83. The highest BCUT2D eigenvalue weighted by molar-refractivity contribution is 7.92. The van der Waals surface area contributed by atoms with Crippen LogP contribution in [-0.2, 0) is 23.6 Å². The number of aromatic nitrogens is 3. The van der Waals surface area contributed by atoms with E-state index in [4.69, 9.17) is 11.6 Å². The van der Waals surface area contributed by atoms with Gasteiger partial charge in [-0.15, -0.1) is 0 Å². The first-order valence-corrected chi connectivity index (χ1v) is 12.9. The van der Waals surface area contributed by atoms with Gasteiger partial charge in [-0.1, -0.05) is 23.7 Å². The van der Waals surface area contributed by atoms with E-state index in [2.05, 4.69) is 15.3 Å². The Labute approximate surface area is 207 Å². The van der Waals surface area contributed by atoms with E-state index < -0.39 is 32.9 Å². The Morgan fingerprint density at radius 1 is 1.26 bits per heavy atom. The number of aromatic hydroxyl groups is 1. The number of hydrogen-bond acceptors (Lipinski definition) is 7. The number of amides is 1. The Morgan fingerprint density at radius 3 is 2.74 bits per heavy atom. The van der Waals surface area contributed by atoms with Gasteiger partial charge in [0.05, 0.1) is 11.4 Å². The number of rotatable bonds is 5. The molecule has 1 aromatic carbocycles. The molecule has 10 nitrogen and oxygen atoms in total. The monoisotopic (exact) mass is 517 g/mol. The van der Waals surface area contributed by atoms with Crippen LogP contribution in [0, 0.1) is 6.92 Å². The zero-order valence-electron chi connectivity index (χ0n) is 19.2. The third-order valence-electron chi connectivity index (χ3n) is 5.79. The van der Waals surface area contributed by atoms with E-state index in [1.165, 1.54) is 17.5 Å². The van der Waals surface area contributed by atoms with Crippen molar-refractivity contribution < 1.29 is 18.3 Å². The minimum absolute atomic E-state index is 0.0000454. The summed E-state index contributed by atoms with van der Waals surface area (Å²) in [7, 11) is -2.21. The van der Waals surface area contributed by atoms with Crippen molar-refractivity contribution >= 4 is 33.2 Å². The molecular weight excluding hydrogens is 494 g/mol. The molecule has 2 aromatic heterocycles. The van der Waals surface area contributed by atoms with E-state index in [0.717, 1.165) is 15.7 Å². The van der Waals surface area contributed by atoms with E-state index in [1.807, 2.05) is 13.0 Å². The summed E-state index contributed by atoms with van der Waals surface area (Å²) in [6.07, 6.45) is 2.67. The number of hydrogen-bond donors (Lipinski definition) is 2. The summed E-state index contributed by atoms with van der Waals surface area (Å²) in [5.41, 5.74) is 0.619. The number of aryl methyl sites for hydroxylation is 1. The van der Waals surface area contributed by atoms with Gasteiger partial charge in [0, 0.05) is 31.4 Å². The van der Waals surface area contributed by atoms with Gasteiger partial charge in [0.25, 0.3) is 11.5 Å². The molecule has 184 valence electrons. The summed E-state index contributed by atoms with van der Waals surface area (Å²) in [5, 5.41) is 13.6. The van der Waals surface area contributed by atoms with E-state index in [-0.39, 0.29) is 36.0 Å². The van der Waals surface area contributed by atoms with Crippen molar-refractivity contribution in [3.63, 3.8) is 0 Å². The van der Waals surface area contributed by atoms with Crippen LogP contribution in [0.3, 0.4) is 0 Å². The molecule has 0 radical (unpaired) electrons. The Morgan fingerprint density at radius 2 is 2.03 bits per heavy atom. The normalized spacial score (nSPS) is 15.1. The molecule has 1 aliphatic rings. The third-order valence-corrected chi connectivity index (χ3v) is 8.05. The van der Waals surface area contributed by atoms with Crippen molar-refractivity contribution in [2.45, 2.75) is 26.3 Å². The summed E-state index contributed by atoms with van der Waals surface area (Å²) in [6.45, 7) is 2.21. The van der Waals surface area contributed by atoms with Crippen LogP contribution in [0.5, 0.6) is 5.75 Å². The minimum Gasteiger partial charge on any atom is -0.501 e. The van der Waals surface area contributed by atoms with Crippen molar-refractivity contribution in [2.75, 3.05) is 16.6 Å². The van der Waals surface area contributed by atoms with Crippen LogP contribution in [0.1, 0.15) is 34.5 Å². The molecule has 12 heteroatoms. The lowest BCUT2D eigenvalue weighted by Gasteiger charge is -2.29. The lowest BCUT2D eigenvalue weighted by atomic mass is 10.1. The Bertz CT molecular complexity index is 1470. The first kappa shape index (κ1) is 24.7. The zero-order valence-corrected chi connectivity index (χ0v) is 20.7. The molecule has 1 amide bonds. The number of carbonyl (C=O) groups is 1. The highest BCUT2D eigenvalue weighted by Crippen LogP contribution is 2.31. The van der Waals surface area contributed by atoms with E-state index in [9.17, 15) is 23.1 Å². The molecule has 3 aromatic rings. The number of anilines is 1. The second-order valence-electron chi connectivity index (χ2n) is 8.23. The molecule has 35 heavy (non-hydrogen) atoms. The van der Waals surface area contributed by atoms with Gasteiger partial charge in [-0.25, -0.2) is 13.4 Å². The summed E-state index contributed by atoms with van der Waals surface area (Å²) in [6, 6.07) is 8.47. The number of pyridine rings is 1. The standard InChI is InChI=1S/C23H24ClN5O5S/c1-14-7-8-15(12-16(14)24)13-26-22(31)19-20(30)23(32)28(2)21(27-19)18-17(6-5-9-25-18)29-10-3-4-11-35(29,33)34/h5-9,12,30H,3-4,10-11,13H2,1-2H3,(H,26,31). The molecule has 1 aliphatic heterocycles. The van der Waals surface area contributed by atoms with Gasteiger partial charge in [-0.3, -0.25) is 23.4 Å². The maximum absolute atomic E-state index is 12.9. The van der Waals surface area contributed by atoms with Gasteiger partial charge in [-0.2, -0.15) is 0 Å². The lowest BCUT2D eigenvalue weighted by molar-refractivity contribution is 0.0942. The van der Waals surface area contributed by atoms with Gasteiger partial charge < -0.3 is 10.4 Å². The van der Waals surface area contributed by atoms with E-state index in [1.54, 1.807) is 24.3 Å². The van der Waals surface area contributed by atoms with E-state index >= 15 is 0 Å². The number of benzene rings is 1. The largest absolute Gasteiger partial charge is 0.501 e. The summed E-state index contributed by atoms with van der Waals surface area (Å²) < 4.78 is 27.7. The number of sulfonamides is 1. The maximum atomic E-state index is 12.9. The summed E-state index contributed by atoms with van der Waals surface area (Å²) >= 11 is 6.13. The first-order chi connectivity index (χ1) is 16.6. The van der Waals surface area contributed by atoms with Gasteiger partial charge in [0.1, 0.15) is 5.69 Å². The Balaban J connectivity index is 1.73. The van der Waals surface area contributed by atoms with E-state index in [0.29, 0.717) is 17.9 Å². The van der Waals surface area contributed by atoms with Crippen molar-refractivity contribution in [2.24, 2.45) is 7.05 Å². The molecule has 3 heterocycles. The van der Waals surface area contributed by atoms with Gasteiger partial charge >= 0.3 is 0 Å². The number of nitrogens with zero attached hydrogens (tertiary/aromatic N) is 4. The molecule has 1 saturated heterocycles. The van der Waals surface area contributed by atoms with Crippen LogP contribution in [-0.4, -0.2) is 46.3 Å². The predicted octanol–water partition coefficient (Wildman–Crippen LogP) is 2.37. The highest BCUT2D eigenvalue weighted by Gasteiger charge is 2.30. The summed E-state index contributed by atoms with van der Waals surface area (Å²) in [4.78, 5) is 34.2.